The zero-order valence-electron chi connectivity index (χ0n) is 22.1. The van der Waals surface area contributed by atoms with E-state index in [9.17, 15) is 23.9 Å². The van der Waals surface area contributed by atoms with Crippen LogP contribution in [0.3, 0.4) is 0 Å². The minimum Gasteiger partial charge on any atom is -0.448 e. The highest BCUT2D eigenvalue weighted by Crippen LogP contribution is 2.72. The smallest absolute Gasteiger partial charge is 0.322 e. The van der Waals surface area contributed by atoms with Crippen LogP contribution in [-0.4, -0.2) is 62.0 Å². The average molecular weight is 573 g/mol. The molecule has 0 spiro atoms. The third kappa shape index (κ3) is 3.47. The maximum atomic E-state index is 17.5. The second kappa shape index (κ2) is 9.13. The number of ether oxygens (including phenoxy) is 1. The number of aliphatic hydroxyl groups is 1. The molecule has 10 heteroatoms. The number of allylic oxidation sites excluding steroid dienone is 4. The number of fused-ring (bicyclic) bond motifs is 5. The van der Waals surface area contributed by atoms with E-state index in [0.717, 1.165) is 18.2 Å². The Morgan fingerprint density at radius 3 is 2.58 bits per heavy atom. The molecule has 210 valence electrons. The summed E-state index contributed by atoms with van der Waals surface area (Å²) < 4.78 is 52.1. The fourth-order valence-electron chi connectivity index (χ4n) is 8.57. The van der Waals surface area contributed by atoms with Crippen molar-refractivity contribution in [2.24, 2.45) is 28.6 Å². The van der Waals surface area contributed by atoms with E-state index in [2.05, 4.69) is 0 Å². The van der Waals surface area contributed by atoms with Gasteiger partial charge < -0.3 is 9.84 Å². The molecular weight excluding hydrogens is 537 g/mol. The van der Waals surface area contributed by atoms with Crippen LogP contribution in [0.15, 0.2) is 23.8 Å². The fraction of sp³-hybridized carbons (Fsp3) is 0.750. The molecule has 5 unspecified atom stereocenters. The predicted octanol–water partition coefficient (Wildman–Crippen LogP) is 5.31. The minimum absolute atomic E-state index is 0.0189. The summed E-state index contributed by atoms with van der Waals surface area (Å²) in [6.07, 6.45) is 1.59. The molecule has 0 aromatic carbocycles. The lowest BCUT2D eigenvalue weighted by Gasteiger charge is -2.63. The van der Waals surface area contributed by atoms with E-state index in [1.807, 2.05) is 0 Å². The van der Waals surface area contributed by atoms with E-state index in [1.54, 1.807) is 20.8 Å². The van der Waals surface area contributed by atoms with Gasteiger partial charge >= 0.3 is 5.97 Å². The van der Waals surface area contributed by atoms with Crippen molar-refractivity contribution >= 4 is 40.4 Å². The van der Waals surface area contributed by atoms with Gasteiger partial charge in [-0.25, -0.2) is 13.2 Å². The summed E-state index contributed by atoms with van der Waals surface area (Å²) in [5, 5.41) is 10.9. The minimum atomic E-state index is -2.31. The maximum Gasteiger partial charge on any atom is 0.322 e. The molecule has 1 aliphatic heterocycles. The van der Waals surface area contributed by atoms with E-state index < -0.39 is 79.8 Å². The van der Waals surface area contributed by atoms with Gasteiger partial charge in [-0.15, -0.1) is 11.8 Å². The molecule has 1 heterocycles. The van der Waals surface area contributed by atoms with Gasteiger partial charge in [0.05, 0.1) is 6.10 Å². The molecule has 38 heavy (non-hydrogen) atoms. The molecule has 3 saturated carbocycles. The van der Waals surface area contributed by atoms with E-state index in [1.165, 1.54) is 30.8 Å². The van der Waals surface area contributed by atoms with Crippen molar-refractivity contribution in [2.45, 2.75) is 88.1 Å². The van der Waals surface area contributed by atoms with Crippen LogP contribution in [-0.2, 0) is 19.1 Å². The van der Waals surface area contributed by atoms with Crippen molar-refractivity contribution in [3.63, 3.8) is 0 Å². The highest BCUT2D eigenvalue weighted by molar-refractivity contribution is 8.13. The Hall–Kier alpha value is -1.26. The van der Waals surface area contributed by atoms with Crippen LogP contribution < -0.4 is 0 Å². The van der Waals surface area contributed by atoms with Gasteiger partial charge in [-0.05, 0) is 87.1 Å². The van der Waals surface area contributed by atoms with Crippen molar-refractivity contribution in [3.05, 3.63) is 23.8 Å². The Kier molecular flexibility index (Phi) is 6.79. The summed E-state index contributed by atoms with van der Waals surface area (Å²) in [6.45, 7) is 6.74. The van der Waals surface area contributed by atoms with E-state index in [0.29, 0.717) is 18.2 Å². The summed E-state index contributed by atoms with van der Waals surface area (Å²) in [5.41, 5.74) is -6.91. The van der Waals surface area contributed by atoms with Gasteiger partial charge in [-0.2, -0.15) is 0 Å². The monoisotopic (exact) mass is 572 g/mol. The fourth-order valence-corrected chi connectivity index (χ4v) is 10.5. The number of thioether (sulfide) groups is 2. The summed E-state index contributed by atoms with van der Waals surface area (Å²) in [5.74, 6) is -2.47. The van der Waals surface area contributed by atoms with Gasteiger partial charge in [0, 0.05) is 22.7 Å². The van der Waals surface area contributed by atoms with Crippen molar-refractivity contribution in [1.29, 1.82) is 0 Å². The molecule has 5 rings (SSSR count). The first-order chi connectivity index (χ1) is 17.7. The molecule has 1 N–H and O–H groups in total. The maximum absolute atomic E-state index is 17.5. The van der Waals surface area contributed by atoms with Crippen LogP contribution in [0.5, 0.6) is 0 Å². The SMILES string of the molecule is CC1C[C@H]2[C@@H]3CC(F)C4=CC(=O)C=C[C@]4(C)C3(F)C(O)C[C@]2(C)C1(OC(=O)[C@@]1(C)CCCS1)C(=O)SCF. The topological polar surface area (TPSA) is 80.7 Å². The van der Waals surface area contributed by atoms with Gasteiger partial charge in [0.2, 0.25) is 5.12 Å². The predicted molar refractivity (Wildman–Crippen MR) is 141 cm³/mol. The molecule has 0 amide bonds. The Labute approximate surface area is 229 Å². The number of aliphatic hydroxyl groups excluding tert-OH is 1. The Morgan fingerprint density at radius 2 is 1.95 bits per heavy atom. The van der Waals surface area contributed by atoms with Crippen molar-refractivity contribution in [1.82, 2.24) is 0 Å². The second-order valence-corrected chi connectivity index (χ2v) is 14.8. The van der Waals surface area contributed by atoms with Crippen LogP contribution in [0.1, 0.15) is 59.8 Å². The third-order valence-corrected chi connectivity index (χ3v) is 12.7. The van der Waals surface area contributed by atoms with Crippen LogP contribution in [0, 0.1) is 28.6 Å². The number of hydrogen-bond acceptors (Lipinski definition) is 7. The lowest BCUT2D eigenvalue weighted by Crippen LogP contribution is -2.71. The number of alkyl halides is 3. The molecular formula is C28H35F3O5S2. The molecule has 0 radical (unpaired) electrons. The lowest BCUT2D eigenvalue weighted by atomic mass is 9.44. The first-order valence-corrected chi connectivity index (χ1v) is 15.3. The quantitative estimate of drug-likeness (QED) is 0.458. The first-order valence-electron chi connectivity index (χ1n) is 13.3. The molecule has 4 fully saturated rings. The van der Waals surface area contributed by atoms with E-state index >= 15 is 8.78 Å². The number of rotatable bonds is 4. The standard InChI is InChI=1S/C28H35F3O5S2/c1-15-10-17-18-12-20(30)19-11-16(32)6-8-24(19,2)27(18,31)21(33)13-25(17,3)28(15,23(35)37-14-29)36-22(34)26(4)7-5-9-38-26/h6,8,11,15,17-18,20-21,33H,5,7,9-10,12-14H2,1-4H3/t15?,17-,18-,20?,21?,24-,25-,26+,27?,28?/m0/s1. The normalized spacial score (nSPS) is 49.6. The van der Waals surface area contributed by atoms with Crippen molar-refractivity contribution in [3.8, 4) is 0 Å². The van der Waals surface area contributed by atoms with E-state index in [-0.39, 0.29) is 24.8 Å². The number of carbonyl (C=O) groups excluding carboxylic acids is 3. The lowest BCUT2D eigenvalue weighted by molar-refractivity contribution is -0.229. The molecule has 1 saturated heterocycles. The van der Waals surface area contributed by atoms with Gasteiger partial charge in [0.1, 0.15) is 16.9 Å². The first kappa shape index (κ1) is 28.3. The average Bonchev–Trinajstić information content (AvgIpc) is 3.39. The number of halogens is 3. The highest BCUT2D eigenvalue weighted by Gasteiger charge is 2.78. The van der Waals surface area contributed by atoms with Crippen LogP contribution in [0.4, 0.5) is 13.2 Å². The molecule has 0 aromatic heterocycles. The molecule has 5 aliphatic rings. The highest BCUT2D eigenvalue weighted by atomic mass is 32.2. The van der Waals surface area contributed by atoms with Crippen LogP contribution in [0.2, 0.25) is 0 Å². The number of hydrogen-bond donors (Lipinski definition) is 1. The molecule has 10 atom stereocenters. The zero-order chi connectivity index (χ0) is 27.9. The Bertz CT molecular complexity index is 1120. The summed E-state index contributed by atoms with van der Waals surface area (Å²) in [4.78, 5) is 39.4. The van der Waals surface area contributed by atoms with Crippen molar-refractivity contribution < 1.29 is 37.4 Å². The van der Waals surface area contributed by atoms with Crippen LogP contribution >= 0.6 is 23.5 Å². The summed E-state index contributed by atoms with van der Waals surface area (Å²) in [6, 6.07) is -1.02. The van der Waals surface area contributed by atoms with E-state index in [4.69, 9.17) is 4.74 Å². The summed E-state index contributed by atoms with van der Waals surface area (Å²) >= 11 is 1.87. The van der Waals surface area contributed by atoms with Gasteiger partial charge in [0.15, 0.2) is 17.1 Å². The molecule has 4 aliphatic carbocycles. The van der Waals surface area contributed by atoms with Crippen molar-refractivity contribution in [2.75, 3.05) is 11.8 Å². The van der Waals surface area contributed by atoms with Crippen LogP contribution in [0.25, 0.3) is 0 Å². The second-order valence-electron chi connectivity index (χ2n) is 12.3. The molecule has 0 bridgehead atoms. The Morgan fingerprint density at radius 1 is 1.24 bits per heavy atom. The van der Waals surface area contributed by atoms with Gasteiger partial charge in [0.25, 0.3) is 0 Å². The number of carbonyl (C=O) groups is 3. The van der Waals surface area contributed by atoms with Gasteiger partial charge in [-0.1, -0.05) is 19.9 Å². The largest absolute Gasteiger partial charge is 0.448 e. The Balaban J connectivity index is 1.62. The molecule has 5 nitrogen and oxygen atoms in total. The molecule has 0 aromatic rings. The number of ketones is 1. The zero-order valence-corrected chi connectivity index (χ0v) is 23.7. The third-order valence-electron chi connectivity index (χ3n) is 10.6. The number of esters is 1. The summed E-state index contributed by atoms with van der Waals surface area (Å²) in [7, 11) is 0. The van der Waals surface area contributed by atoms with Gasteiger partial charge in [-0.3, -0.25) is 14.4 Å².